The Labute approximate surface area is 164 Å². The number of hydrogen-bond donors (Lipinski definition) is 2. The van der Waals surface area contributed by atoms with E-state index in [2.05, 4.69) is 25.7 Å². The molecule has 0 unspecified atom stereocenters. The van der Waals surface area contributed by atoms with E-state index in [0.717, 1.165) is 12.0 Å². The lowest BCUT2D eigenvalue weighted by atomic mass is 10.1. The lowest BCUT2D eigenvalue weighted by molar-refractivity contribution is 0.0950. The fraction of sp³-hybridized carbons (Fsp3) is 0.353. The number of nitrogens with zero attached hydrogens (tertiary/aromatic N) is 4. The maximum Gasteiger partial charge on any atom is 0.343 e. The standard InChI is InChI=1S/C17H20N6O2S2/c1-3-8-23-16(25)21-22-17(23)26-10-13-19-20-15(27-13)14(24)18-9-12-6-4-11(2)5-7-12/h4-7H,3,8-10H2,1-2H3,(H,18,24)(H,21,25). The topological polar surface area (TPSA) is 106 Å². The second kappa shape index (κ2) is 8.96. The molecule has 3 aromatic rings. The molecule has 2 aromatic heterocycles. The fourth-order valence-corrected chi connectivity index (χ4v) is 4.04. The number of hydrogen-bond acceptors (Lipinski definition) is 7. The molecular formula is C17H20N6O2S2. The average molecular weight is 405 g/mol. The number of benzene rings is 1. The van der Waals surface area contributed by atoms with E-state index in [1.807, 2.05) is 38.1 Å². The first kappa shape index (κ1) is 19.3. The smallest absolute Gasteiger partial charge is 0.343 e. The monoisotopic (exact) mass is 404 g/mol. The van der Waals surface area contributed by atoms with Gasteiger partial charge >= 0.3 is 5.69 Å². The Kier molecular flexibility index (Phi) is 6.40. The zero-order chi connectivity index (χ0) is 19.2. The van der Waals surface area contributed by atoms with Gasteiger partial charge in [0.05, 0.1) is 5.75 Å². The van der Waals surface area contributed by atoms with Crippen LogP contribution in [0.1, 0.15) is 39.3 Å². The molecule has 0 spiro atoms. The van der Waals surface area contributed by atoms with Crippen LogP contribution in [0.4, 0.5) is 0 Å². The highest BCUT2D eigenvalue weighted by Crippen LogP contribution is 2.22. The minimum atomic E-state index is -0.244. The third-order valence-corrected chi connectivity index (χ3v) is 5.82. The second-order valence-electron chi connectivity index (χ2n) is 5.92. The average Bonchev–Trinajstić information content (AvgIpc) is 3.27. The highest BCUT2D eigenvalue weighted by atomic mass is 32.2. The predicted molar refractivity (Wildman–Crippen MR) is 105 cm³/mol. The fourth-order valence-electron chi connectivity index (χ4n) is 2.33. The van der Waals surface area contributed by atoms with Crippen LogP contribution in [0, 0.1) is 6.92 Å². The highest BCUT2D eigenvalue weighted by molar-refractivity contribution is 7.98. The molecule has 1 aromatic carbocycles. The zero-order valence-corrected chi connectivity index (χ0v) is 16.7. The van der Waals surface area contributed by atoms with Crippen LogP contribution in [0.15, 0.2) is 34.2 Å². The van der Waals surface area contributed by atoms with Gasteiger partial charge in [-0.3, -0.25) is 9.36 Å². The van der Waals surface area contributed by atoms with Crippen molar-refractivity contribution >= 4 is 29.0 Å². The van der Waals surface area contributed by atoms with E-state index >= 15 is 0 Å². The summed E-state index contributed by atoms with van der Waals surface area (Å²) in [5.74, 6) is 0.253. The minimum absolute atomic E-state index is 0.215. The number of nitrogens with one attached hydrogen (secondary N) is 2. The zero-order valence-electron chi connectivity index (χ0n) is 15.1. The number of carbonyl (C=O) groups is 1. The summed E-state index contributed by atoms with van der Waals surface area (Å²) in [6.07, 6.45) is 0.844. The molecule has 8 nitrogen and oxygen atoms in total. The van der Waals surface area contributed by atoms with E-state index in [1.54, 1.807) is 4.57 Å². The van der Waals surface area contributed by atoms with Crippen molar-refractivity contribution in [3.63, 3.8) is 0 Å². The van der Waals surface area contributed by atoms with Crippen molar-refractivity contribution in [3.8, 4) is 0 Å². The molecule has 0 saturated carbocycles. The van der Waals surface area contributed by atoms with Crippen LogP contribution in [0.3, 0.4) is 0 Å². The Morgan fingerprint density at radius 3 is 2.81 bits per heavy atom. The van der Waals surface area contributed by atoms with Crippen molar-refractivity contribution in [2.24, 2.45) is 0 Å². The summed E-state index contributed by atoms with van der Waals surface area (Å²) in [4.78, 5) is 23.9. The Morgan fingerprint density at radius 2 is 2.07 bits per heavy atom. The molecule has 0 radical (unpaired) electrons. The van der Waals surface area contributed by atoms with E-state index in [4.69, 9.17) is 0 Å². The van der Waals surface area contributed by atoms with Crippen molar-refractivity contribution in [3.05, 3.63) is 55.9 Å². The van der Waals surface area contributed by atoms with Gasteiger partial charge in [-0.25, -0.2) is 9.89 Å². The molecule has 3 rings (SSSR count). The van der Waals surface area contributed by atoms with Gasteiger partial charge in [0.1, 0.15) is 5.01 Å². The molecule has 1 amide bonds. The molecule has 2 heterocycles. The first-order valence-electron chi connectivity index (χ1n) is 8.51. The lowest BCUT2D eigenvalue weighted by Crippen LogP contribution is -2.22. The highest BCUT2D eigenvalue weighted by Gasteiger charge is 2.14. The third-order valence-electron chi connectivity index (χ3n) is 3.73. The van der Waals surface area contributed by atoms with Crippen LogP contribution in [0.5, 0.6) is 0 Å². The maximum absolute atomic E-state index is 12.2. The summed E-state index contributed by atoms with van der Waals surface area (Å²) < 4.78 is 1.60. The van der Waals surface area contributed by atoms with E-state index in [0.29, 0.717) is 34.0 Å². The van der Waals surface area contributed by atoms with Crippen molar-refractivity contribution in [2.75, 3.05) is 0 Å². The summed E-state index contributed by atoms with van der Waals surface area (Å²) in [5.41, 5.74) is 1.99. The Hall–Kier alpha value is -2.46. The van der Waals surface area contributed by atoms with E-state index in [1.165, 1.54) is 28.7 Å². The lowest BCUT2D eigenvalue weighted by Gasteiger charge is -2.03. The molecule has 0 aliphatic carbocycles. The van der Waals surface area contributed by atoms with E-state index in [9.17, 15) is 9.59 Å². The van der Waals surface area contributed by atoms with Crippen molar-refractivity contribution in [1.82, 2.24) is 30.3 Å². The quantitative estimate of drug-likeness (QED) is 0.559. The van der Waals surface area contributed by atoms with Gasteiger partial charge in [-0.2, -0.15) is 0 Å². The minimum Gasteiger partial charge on any atom is -0.346 e. The third kappa shape index (κ3) is 5.04. The van der Waals surface area contributed by atoms with Gasteiger partial charge in [0.25, 0.3) is 5.91 Å². The molecule has 10 heteroatoms. The molecule has 142 valence electrons. The molecular weight excluding hydrogens is 384 g/mol. The van der Waals surface area contributed by atoms with Crippen molar-refractivity contribution in [1.29, 1.82) is 0 Å². The normalized spacial score (nSPS) is 10.9. The van der Waals surface area contributed by atoms with Crippen molar-refractivity contribution in [2.45, 2.75) is 44.3 Å². The molecule has 0 atom stereocenters. The number of aromatic amines is 1. The SMILES string of the molecule is CCCn1c(SCc2nnc(C(=O)NCc3ccc(C)cc3)s2)n[nH]c1=O. The number of rotatable bonds is 8. The van der Waals surface area contributed by atoms with Gasteiger partial charge in [-0.05, 0) is 18.9 Å². The van der Waals surface area contributed by atoms with Gasteiger partial charge in [0.15, 0.2) is 5.16 Å². The Morgan fingerprint density at radius 1 is 1.30 bits per heavy atom. The maximum atomic E-state index is 12.2. The molecule has 0 saturated heterocycles. The van der Waals surface area contributed by atoms with Gasteiger partial charge < -0.3 is 5.32 Å². The summed E-state index contributed by atoms with van der Waals surface area (Å²) >= 11 is 2.64. The predicted octanol–water partition coefficient (Wildman–Crippen LogP) is 2.36. The largest absolute Gasteiger partial charge is 0.346 e. The summed E-state index contributed by atoms with van der Waals surface area (Å²) in [6, 6.07) is 7.98. The van der Waals surface area contributed by atoms with Gasteiger partial charge in [0.2, 0.25) is 5.01 Å². The number of aromatic nitrogens is 5. The van der Waals surface area contributed by atoms with Crippen LogP contribution in [-0.2, 0) is 18.8 Å². The Balaban J connectivity index is 1.55. The van der Waals surface area contributed by atoms with Gasteiger partial charge in [-0.1, -0.05) is 59.9 Å². The van der Waals surface area contributed by atoms with E-state index in [-0.39, 0.29) is 11.6 Å². The molecule has 0 bridgehead atoms. The van der Waals surface area contributed by atoms with Crippen LogP contribution in [-0.4, -0.2) is 30.9 Å². The van der Waals surface area contributed by atoms with Crippen LogP contribution in [0.2, 0.25) is 0 Å². The first-order chi connectivity index (χ1) is 13.1. The number of H-pyrrole nitrogens is 1. The van der Waals surface area contributed by atoms with Gasteiger partial charge in [-0.15, -0.1) is 15.3 Å². The summed E-state index contributed by atoms with van der Waals surface area (Å²) in [5, 5.41) is 19.0. The molecule has 2 N–H and O–H groups in total. The number of carbonyl (C=O) groups excluding carboxylic acids is 1. The number of aryl methyl sites for hydroxylation is 1. The molecule has 0 aliphatic rings. The van der Waals surface area contributed by atoms with Crippen molar-refractivity contribution < 1.29 is 4.79 Å². The number of amides is 1. The van der Waals surface area contributed by atoms with Crippen LogP contribution in [0.25, 0.3) is 0 Å². The van der Waals surface area contributed by atoms with E-state index < -0.39 is 0 Å². The van der Waals surface area contributed by atoms with Crippen LogP contribution >= 0.6 is 23.1 Å². The van der Waals surface area contributed by atoms with Crippen LogP contribution < -0.4 is 11.0 Å². The van der Waals surface area contributed by atoms with Gasteiger partial charge in [0, 0.05) is 13.1 Å². The molecule has 0 fully saturated rings. The second-order valence-corrected chi connectivity index (χ2v) is 7.93. The first-order valence-corrected chi connectivity index (χ1v) is 10.3. The molecule has 0 aliphatic heterocycles. The molecule has 27 heavy (non-hydrogen) atoms. The summed E-state index contributed by atoms with van der Waals surface area (Å²) in [6.45, 7) is 5.08. The number of thioether (sulfide) groups is 1. The Bertz CT molecular complexity index is 960. The summed E-state index contributed by atoms with van der Waals surface area (Å²) in [7, 11) is 0.